The number of rotatable bonds is 6. The Morgan fingerprint density at radius 3 is 2.64 bits per heavy atom. The molecular formula is C16H19N3O3. The second kappa shape index (κ2) is 6.89. The van der Waals surface area contributed by atoms with Crippen molar-refractivity contribution in [3.63, 3.8) is 0 Å². The number of carboxylic acids is 1. The predicted octanol–water partition coefficient (Wildman–Crippen LogP) is 1.69. The SMILES string of the molecule is Cc1c(C(=O)NCC(C)C(=O)O)cnn1Cc1ccccc1. The van der Waals surface area contributed by atoms with Crippen molar-refractivity contribution >= 4 is 11.9 Å². The molecule has 6 heteroatoms. The monoisotopic (exact) mass is 301 g/mol. The fourth-order valence-corrected chi connectivity index (χ4v) is 2.01. The van der Waals surface area contributed by atoms with Gasteiger partial charge in [-0.15, -0.1) is 0 Å². The average Bonchev–Trinajstić information content (AvgIpc) is 2.86. The minimum absolute atomic E-state index is 0.0947. The summed E-state index contributed by atoms with van der Waals surface area (Å²) in [5.74, 6) is -1.86. The van der Waals surface area contributed by atoms with Crippen LogP contribution in [-0.4, -0.2) is 33.3 Å². The molecule has 6 nitrogen and oxygen atoms in total. The van der Waals surface area contributed by atoms with Gasteiger partial charge < -0.3 is 10.4 Å². The van der Waals surface area contributed by atoms with Gasteiger partial charge in [0.2, 0.25) is 0 Å². The Hall–Kier alpha value is -2.63. The van der Waals surface area contributed by atoms with Crippen LogP contribution in [0.4, 0.5) is 0 Å². The summed E-state index contributed by atoms with van der Waals surface area (Å²) >= 11 is 0. The van der Waals surface area contributed by atoms with Crippen LogP contribution in [-0.2, 0) is 11.3 Å². The smallest absolute Gasteiger partial charge is 0.308 e. The molecule has 1 aromatic heterocycles. The van der Waals surface area contributed by atoms with Gasteiger partial charge in [-0.3, -0.25) is 14.3 Å². The molecule has 0 bridgehead atoms. The summed E-state index contributed by atoms with van der Waals surface area (Å²) in [6.07, 6.45) is 1.51. The molecule has 1 atom stereocenters. The first-order chi connectivity index (χ1) is 10.5. The molecule has 22 heavy (non-hydrogen) atoms. The van der Waals surface area contributed by atoms with Crippen molar-refractivity contribution in [2.24, 2.45) is 5.92 Å². The number of carbonyl (C=O) groups is 2. The fraction of sp³-hybridized carbons (Fsp3) is 0.312. The molecule has 0 aliphatic rings. The van der Waals surface area contributed by atoms with Crippen LogP contribution in [0, 0.1) is 12.8 Å². The number of aliphatic carboxylic acids is 1. The molecule has 1 aromatic carbocycles. The molecule has 0 fully saturated rings. The zero-order valence-electron chi connectivity index (χ0n) is 12.6. The number of benzene rings is 1. The largest absolute Gasteiger partial charge is 0.481 e. The van der Waals surface area contributed by atoms with Crippen molar-refractivity contribution in [3.05, 3.63) is 53.3 Å². The number of aromatic nitrogens is 2. The number of carboxylic acid groups (broad SMARTS) is 1. The standard InChI is InChI=1S/C16H19N3O3/c1-11(16(21)22)8-17-15(20)14-9-18-19(12(14)2)10-13-6-4-3-5-7-13/h3-7,9,11H,8,10H2,1-2H3,(H,17,20)(H,21,22). The summed E-state index contributed by atoms with van der Waals surface area (Å²) in [6, 6.07) is 9.84. The van der Waals surface area contributed by atoms with Crippen LogP contribution in [0.15, 0.2) is 36.5 Å². The number of hydrogen-bond acceptors (Lipinski definition) is 3. The minimum atomic E-state index is -0.934. The first-order valence-corrected chi connectivity index (χ1v) is 7.06. The van der Waals surface area contributed by atoms with Crippen molar-refractivity contribution in [2.45, 2.75) is 20.4 Å². The maximum atomic E-state index is 12.1. The van der Waals surface area contributed by atoms with E-state index in [-0.39, 0.29) is 12.5 Å². The lowest BCUT2D eigenvalue weighted by molar-refractivity contribution is -0.140. The number of amides is 1. The molecule has 0 spiro atoms. The van der Waals surface area contributed by atoms with E-state index in [0.717, 1.165) is 11.3 Å². The van der Waals surface area contributed by atoms with Crippen molar-refractivity contribution in [1.82, 2.24) is 15.1 Å². The number of nitrogens with one attached hydrogen (secondary N) is 1. The fourth-order valence-electron chi connectivity index (χ4n) is 2.01. The molecule has 2 N–H and O–H groups in total. The Morgan fingerprint density at radius 1 is 1.32 bits per heavy atom. The van der Waals surface area contributed by atoms with E-state index in [1.165, 1.54) is 6.20 Å². The van der Waals surface area contributed by atoms with Crippen LogP contribution in [0.25, 0.3) is 0 Å². The second-order valence-corrected chi connectivity index (χ2v) is 5.24. The van der Waals surface area contributed by atoms with Gasteiger partial charge in [-0.2, -0.15) is 5.10 Å². The van der Waals surface area contributed by atoms with Crippen LogP contribution in [0.2, 0.25) is 0 Å². The van der Waals surface area contributed by atoms with Gasteiger partial charge in [0.25, 0.3) is 5.91 Å². The van der Waals surface area contributed by atoms with Crippen LogP contribution >= 0.6 is 0 Å². The van der Waals surface area contributed by atoms with E-state index in [9.17, 15) is 9.59 Å². The zero-order chi connectivity index (χ0) is 16.1. The Morgan fingerprint density at radius 2 is 2.00 bits per heavy atom. The van der Waals surface area contributed by atoms with Gasteiger partial charge in [0, 0.05) is 12.2 Å². The quantitative estimate of drug-likeness (QED) is 0.850. The van der Waals surface area contributed by atoms with E-state index in [0.29, 0.717) is 12.1 Å². The van der Waals surface area contributed by atoms with Gasteiger partial charge in [-0.1, -0.05) is 37.3 Å². The van der Waals surface area contributed by atoms with E-state index < -0.39 is 11.9 Å². The first-order valence-electron chi connectivity index (χ1n) is 7.06. The van der Waals surface area contributed by atoms with Gasteiger partial charge in [0.15, 0.2) is 0 Å². The third-order valence-electron chi connectivity index (χ3n) is 3.51. The Balaban J connectivity index is 2.04. The molecule has 2 aromatic rings. The Kier molecular flexibility index (Phi) is 4.93. The van der Waals surface area contributed by atoms with Gasteiger partial charge in [-0.05, 0) is 12.5 Å². The van der Waals surface area contributed by atoms with Crippen LogP contribution in [0.1, 0.15) is 28.5 Å². The summed E-state index contributed by atoms with van der Waals surface area (Å²) in [4.78, 5) is 22.9. The van der Waals surface area contributed by atoms with E-state index >= 15 is 0 Å². The highest BCUT2D eigenvalue weighted by Gasteiger charge is 2.17. The summed E-state index contributed by atoms with van der Waals surface area (Å²) in [7, 11) is 0. The van der Waals surface area contributed by atoms with Crippen LogP contribution < -0.4 is 5.32 Å². The number of carbonyl (C=O) groups excluding carboxylic acids is 1. The molecule has 1 heterocycles. The Bertz CT molecular complexity index is 665. The van der Waals surface area contributed by atoms with Crippen molar-refractivity contribution < 1.29 is 14.7 Å². The summed E-state index contributed by atoms with van der Waals surface area (Å²) in [6.45, 7) is 4.06. The highest BCUT2D eigenvalue weighted by atomic mass is 16.4. The first kappa shape index (κ1) is 15.8. The summed E-state index contributed by atoms with van der Waals surface area (Å²) in [5, 5.41) is 15.7. The maximum Gasteiger partial charge on any atom is 0.308 e. The zero-order valence-corrected chi connectivity index (χ0v) is 12.6. The summed E-state index contributed by atoms with van der Waals surface area (Å²) < 4.78 is 1.75. The number of hydrogen-bond donors (Lipinski definition) is 2. The topological polar surface area (TPSA) is 84.2 Å². The maximum absolute atomic E-state index is 12.1. The molecule has 0 aliphatic heterocycles. The average molecular weight is 301 g/mol. The van der Waals surface area contributed by atoms with Crippen molar-refractivity contribution in [1.29, 1.82) is 0 Å². The third kappa shape index (κ3) is 3.72. The van der Waals surface area contributed by atoms with E-state index in [1.807, 2.05) is 37.3 Å². The van der Waals surface area contributed by atoms with Crippen molar-refractivity contribution in [2.75, 3.05) is 6.54 Å². The predicted molar refractivity (Wildman–Crippen MR) is 81.6 cm³/mol. The van der Waals surface area contributed by atoms with Gasteiger partial charge in [0.1, 0.15) is 0 Å². The van der Waals surface area contributed by atoms with Crippen LogP contribution in [0.3, 0.4) is 0 Å². The molecular weight excluding hydrogens is 282 g/mol. The summed E-state index contributed by atoms with van der Waals surface area (Å²) in [5.41, 5.74) is 2.32. The lowest BCUT2D eigenvalue weighted by atomic mass is 10.1. The number of nitrogens with zero attached hydrogens (tertiary/aromatic N) is 2. The molecule has 0 saturated heterocycles. The highest BCUT2D eigenvalue weighted by Crippen LogP contribution is 2.10. The molecule has 1 amide bonds. The second-order valence-electron chi connectivity index (χ2n) is 5.24. The van der Waals surface area contributed by atoms with E-state index in [1.54, 1.807) is 11.6 Å². The lowest BCUT2D eigenvalue weighted by Crippen LogP contribution is -2.31. The molecule has 116 valence electrons. The molecule has 1 unspecified atom stereocenters. The highest BCUT2D eigenvalue weighted by molar-refractivity contribution is 5.95. The normalized spacial score (nSPS) is 11.9. The van der Waals surface area contributed by atoms with Gasteiger partial charge >= 0.3 is 5.97 Å². The third-order valence-corrected chi connectivity index (χ3v) is 3.51. The van der Waals surface area contributed by atoms with Gasteiger partial charge in [0.05, 0.1) is 24.2 Å². The molecule has 0 radical (unpaired) electrons. The molecule has 2 rings (SSSR count). The van der Waals surface area contributed by atoms with Gasteiger partial charge in [-0.25, -0.2) is 0 Å². The minimum Gasteiger partial charge on any atom is -0.481 e. The lowest BCUT2D eigenvalue weighted by Gasteiger charge is -2.09. The van der Waals surface area contributed by atoms with E-state index in [2.05, 4.69) is 10.4 Å². The molecule has 0 aliphatic carbocycles. The van der Waals surface area contributed by atoms with Crippen molar-refractivity contribution in [3.8, 4) is 0 Å². The van der Waals surface area contributed by atoms with Crippen LogP contribution in [0.5, 0.6) is 0 Å². The van der Waals surface area contributed by atoms with E-state index in [4.69, 9.17) is 5.11 Å². The Labute approximate surface area is 128 Å². The molecule has 0 saturated carbocycles.